The van der Waals surface area contributed by atoms with Crippen LogP contribution in [-0.4, -0.2) is 22.6 Å². The predicted molar refractivity (Wildman–Crippen MR) is 58.2 cm³/mol. The summed E-state index contributed by atoms with van der Waals surface area (Å²) in [7, 11) is 0. The predicted octanol–water partition coefficient (Wildman–Crippen LogP) is 0.216. The summed E-state index contributed by atoms with van der Waals surface area (Å²) in [6, 6.07) is 0. The summed E-state index contributed by atoms with van der Waals surface area (Å²) in [5.74, 6) is 0. The van der Waals surface area contributed by atoms with E-state index < -0.39 is 0 Å². The Hall–Kier alpha value is -2.50. The van der Waals surface area contributed by atoms with Crippen LogP contribution in [0, 0.1) is 0 Å². The Kier molecular flexibility index (Phi) is 1.23. The summed E-state index contributed by atoms with van der Waals surface area (Å²) in [5, 5.41) is 2.37. The number of benzene rings is 1. The normalized spacial score (nSPS) is 14.8. The first kappa shape index (κ1) is 7.75. The molecule has 2 aliphatic rings. The van der Waals surface area contributed by atoms with Crippen molar-refractivity contribution in [2.24, 2.45) is 20.0 Å². The molecule has 0 aliphatic carbocycles. The van der Waals surface area contributed by atoms with Gasteiger partial charge in [0.15, 0.2) is 0 Å². The van der Waals surface area contributed by atoms with Crippen molar-refractivity contribution >= 4 is 35.0 Å². The fourth-order valence-corrected chi connectivity index (χ4v) is 1.94. The molecule has 2 aromatic rings. The molecule has 0 bridgehead atoms. The third kappa shape index (κ3) is 0.773. The largest absolute Gasteiger partial charge is 0.244 e. The van der Waals surface area contributed by atoms with Crippen LogP contribution in [0.15, 0.2) is 32.5 Å². The summed E-state index contributed by atoms with van der Waals surface area (Å²) in [6.07, 6.45) is 6.26. The molecule has 1 aromatic heterocycles. The van der Waals surface area contributed by atoms with Crippen LogP contribution in [-0.2, 0) is 0 Å². The molecule has 6 heteroatoms. The molecule has 0 amide bonds. The molecule has 3 heterocycles. The molecule has 0 N–H and O–H groups in total. The van der Waals surface area contributed by atoms with Crippen LogP contribution in [0.2, 0.25) is 0 Å². The average Bonchev–Trinajstić information content (AvgIpc) is 2.98. The van der Waals surface area contributed by atoms with Crippen molar-refractivity contribution in [3.63, 3.8) is 0 Å². The van der Waals surface area contributed by atoms with Gasteiger partial charge in [-0.1, -0.05) is 0 Å². The topological polar surface area (TPSA) is 75.2 Å². The SMILES string of the molecule is C1=Nc2c(c3c(c4ncncc24)N=CN=3)=N1. The van der Waals surface area contributed by atoms with Crippen LogP contribution in [0.25, 0.3) is 10.9 Å². The molecule has 4 rings (SSSR count). The Morgan fingerprint density at radius 2 is 1.62 bits per heavy atom. The highest BCUT2D eigenvalue weighted by Gasteiger charge is 2.17. The summed E-state index contributed by atoms with van der Waals surface area (Å²) >= 11 is 0. The number of aromatic nitrogens is 2. The number of hydrogen-bond donors (Lipinski definition) is 0. The first-order valence-electron chi connectivity index (χ1n) is 4.71. The van der Waals surface area contributed by atoms with Gasteiger partial charge in [-0.2, -0.15) is 0 Å². The average molecular weight is 208 g/mol. The molecule has 1 aromatic carbocycles. The van der Waals surface area contributed by atoms with Crippen LogP contribution in [0.3, 0.4) is 0 Å². The highest BCUT2D eigenvalue weighted by atomic mass is 15.0. The zero-order valence-corrected chi connectivity index (χ0v) is 7.99. The van der Waals surface area contributed by atoms with Crippen molar-refractivity contribution in [3.05, 3.63) is 23.2 Å². The Labute approximate surface area is 88.9 Å². The second kappa shape index (κ2) is 2.54. The van der Waals surface area contributed by atoms with E-state index in [4.69, 9.17) is 0 Å². The summed E-state index contributed by atoms with van der Waals surface area (Å²) in [6.45, 7) is 0. The van der Waals surface area contributed by atoms with Gasteiger partial charge in [0.05, 0.1) is 0 Å². The third-order valence-electron chi connectivity index (χ3n) is 2.61. The zero-order chi connectivity index (χ0) is 10.5. The van der Waals surface area contributed by atoms with E-state index in [1.807, 2.05) is 0 Å². The highest BCUT2D eigenvalue weighted by Crippen LogP contribution is 2.26. The van der Waals surface area contributed by atoms with Gasteiger partial charge in [-0.05, 0) is 0 Å². The quantitative estimate of drug-likeness (QED) is 0.620. The lowest BCUT2D eigenvalue weighted by Gasteiger charge is -2.00. The van der Waals surface area contributed by atoms with Crippen molar-refractivity contribution in [2.75, 3.05) is 0 Å². The van der Waals surface area contributed by atoms with Gasteiger partial charge >= 0.3 is 0 Å². The number of nitrogens with zero attached hydrogens (tertiary/aromatic N) is 6. The van der Waals surface area contributed by atoms with Crippen molar-refractivity contribution in [1.29, 1.82) is 0 Å². The third-order valence-corrected chi connectivity index (χ3v) is 2.61. The minimum atomic E-state index is 0.749. The molecule has 6 nitrogen and oxygen atoms in total. The maximum atomic E-state index is 4.23. The van der Waals surface area contributed by atoms with Gasteiger partial charge in [0.1, 0.15) is 46.6 Å². The Morgan fingerprint density at radius 3 is 2.50 bits per heavy atom. The molecule has 0 atom stereocenters. The van der Waals surface area contributed by atoms with Gasteiger partial charge in [-0.3, -0.25) is 0 Å². The molecule has 0 saturated heterocycles. The molecule has 74 valence electrons. The summed E-state index contributed by atoms with van der Waals surface area (Å²) in [5.41, 5.74) is 2.31. The lowest BCUT2D eigenvalue weighted by molar-refractivity contribution is 1.21. The molecule has 0 radical (unpaired) electrons. The van der Waals surface area contributed by atoms with E-state index in [2.05, 4.69) is 29.9 Å². The number of hydrogen-bond acceptors (Lipinski definition) is 6. The van der Waals surface area contributed by atoms with E-state index in [-0.39, 0.29) is 0 Å². The van der Waals surface area contributed by atoms with E-state index in [0.717, 1.165) is 33.0 Å². The number of fused-ring (bicyclic) bond motifs is 6. The smallest absolute Gasteiger partial charge is 0.121 e. The van der Waals surface area contributed by atoms with Gasteiger partial charge in [0.2, 0.25) is 0 Å². The molecule has 2 aliphatic heterocycles. The minimum Gasteiger partial charge on any atom is -0.244 e. The van der Waals surface area contributed by atoms with Crippen LogP contribution in [0.1, 0.15) is 0 Å². The van der Waals surface area contributed by atoms with Crippen molar-refractivity contribution in [3.8, 4) is 0 Å². The molecule has 0 fully saturated rings. The fraction of sp³-hybridized carbons (Fsp3) is 0. The molecule has 16 heavy (non-hydrogen) atoms. The van der Waals surface area contributed by atoms with Crippen LogP contribution >= 0.6 is 0 Å². The number of aliphatic imine (C=N–C) groups is 2. The summed E-state index contributed by atoms with van der Waals surface area (Å²) in [4.78, 5) is 25.1. The highest BCUT2D eigenvalue weighted by molar-refractivity contribution is 5.99. The molecular weight excluding hydrogens is 204 g/mol. The van der Waals surface area contributed by atoms with Crippen molar-refractivity contribution in [2.45, 2.75) is 0 Å². The van der Waals surface area contributed by atoms with Crippen LogP contribution < -0.4 is 10.7 Å². The van der Waals surface area contributed by atoms with Crippen molar-refractivity contribution < 1.29 is 0 Å². The molecular formula is C10H4N6. The zero-order valence-electron chi connectivity index (χ0n) is 7.99. The maximum Gasteiger partial charge on any atom is 0.121 e. The van der Waals surface area contributed by atoms with E-state index >= 15 is 0 Å². The monoisotopic (exact) mass is 208 g/mol. The lowest BCUT2D eigenvalue weighted by Crippen LogP contribution is -2.24. The van der Waals surface area contributed by atoms with Gasteiger partial charge in [-0.15, -0.1) is 0 Å². The Morgan fingerprint density at radius 1 is 0.875 bits per heavy atom. The first-order valence-corrected chi connectivity index (χ1v) is 4.71. The molecule has 0 saturated carbocycles. The first-order chi connectivity index (χ1) is 7.95. The van der Waals surface area contributed by atoms with E-state index in [0.29, 0.717) is 0 Å². The van der Waals surface area contributed by atoms with Crippen molar-refractivity contribution in [1.82, 2.24) is 9.97 Å². The second-order valence-corrected chi connectivity index (χ2v) is 3.43. The Bertz CT molecular complexity index is 734. The fourth-order valence-electron chi connectivity index (χ4n) is 1.94. The molecule has 0 spiro atoms. The van der Waals surface area contributed by atoms with E-state index in [9.17, 15) is 0 Å². The van der Waals surface area contributed by atoms with Gasteiger partial charge in [0, 0.05) is 11.6 Å². The molecule has 0 unspecified atom stereocenters. The Balaban J connectivity index is 2.43. The van der Waals surface area contributed by atoms with Gasteiger partial charge < -0.3 is 0 Å². The van der Waals surface area contributed by atoms with Gasteiger partial charge in [-0.25, -0.2) is 29.9 Å². The summed E-state index contributed by atoms with van der Waals surface area (Å²) < 4.78 is 0. The van der Waals surface area contributed by atoms with Crippen LogP contribution in [0.4, 0.5) is 11.4 Å². The number of rotatable bonds is 0. The second-order valence-electron chi connectivity index (χ2n) is 3.43. The lowest BCUT2D eigenvalue weighted by atomic mass is 10.1. The van der Waals surface area contributed by atoms with E-state index in [1.165, 1.54) is 19.0 Å². The maximum absolute atomic E-state index is 4.23. The van der Waals surface area contributed by atoms with Gasteiger partial charge in [0.25, 0.3) is 0 Å². The standard InChI is InChI=1S/C10H4N6/c1-5-6(12-2-11-1)8-10(16-4-15-8)9-7(5)13-3-14-9/h1-4H. The van der Waals surface area contributed by atoms with Crippen LogP contribution in [0.5, 0.6) is 0 Å². The minimum absolute atomic E-state index is 0.749. The van der Waals surface area contributed by atoms with E-state index in [1.54, 1.807) is 6.20 Å².